The number of hydrogen-bond donors (Lipinski definition) is 3. The van der Waals surface area contributed by atoms with Gasteiger partial charge in [-0.05, 0) is 24.6 Å². The lowest BCUT2D eigenvalue weighted by molar-refractivity contribution is 0.264. The molecule has 80 valence electrons. The molecule has 2 aromatic rings. The van der Waals surface area contributed by atoms with Gasteiger partial charge in [0.15, 0.2) is 0 Å². The predicted molar refractivity (Wildman–Crippen MR) is 62.5 cm³/mol. The molecule has 1 aromatic heterocycles. The molecular weight excluding hydrogens is 258 g/mol. The normalized spacial score (nSPS) is 13.3. The third-order valence-corrected chi connectivity index (χ3v) is 2.77. The molecule has 0 aliphatic carbocycles. The Morgan fingerprint density at radius 2 is 2.33 bits per heavy atom. The zero-order valence-corrected chi connectivity index (χ0v) is 9.87. The van der Waals surface area contributed by atoms with Crippen LogP contribution in [0.5, 0.6) is 0 Å². The first-order valence-corrected chi connectivity index (χ1v) is 5.43. The summed E-state index contributed by atoms with van der Waals surface area (Å²) in [5.74, 6) is 0.619. The highest BCUT2D eigenvalue weighted by Crippen LogP contribution is 2.23. The Morgan fingerprint density at radius 3 is 3.00 bits per heavy atom. The Kier molecular flexibility index (Phi) is 2.77. The van der Waals surface area contributed by atoms with Gasteiger partial charge in [0.05, 0.1) is 23.7 Å². The zero-order valence-electron chi connectivity index (χ0n) is 8.29. The molecule has 0 bridgehead atoms. The SMILES string of the molecule is Cc1cc(Br)cc2[nH]c(C(N)CO)nc12. The van der Waals surface area contributed by atoms with Gasteiger partial charge >= 0.3 is 0 Å². The number of aliphatic hydroxyl groups is 1. The Hall–Kier alpha value is -0.910. The maximum Gasteiger partial charge on any atom is 0.126 e. The Bertz CT molecular complexity index is 495. The highest BCUT2D eigenvalue weighted by molar-refractivity contribution is 9.10. The van der Waals surface area contributed by atoms with Crippen molar-refractivity contribution in [3.63, 3.8) is 0 Å². The molecule has 5 heteroatoms. The number of halogens is 1. The van der Waals surface area contributed by atoms with Crippen molar-refractivity contribution >= 4 is 27.0 Å². The molecule has 0 saturated heterocycles. The molecule has 0 aliphatic rings. The molecule has 0 fully saturated rings. The van der Waals surface area contributed by atoms with Gasteiger partial charge in [0.1, 0.15) is 5.82 Å². The highest BCUT2D eigenvalue weighted by atomic mass is 79.9. The average Bonchev–Trinajstić information content (AvgIpc) is 2.60. The maximum absolute atomic E-state index is 8.94. The van der Waals surface area contributed by atoms with Crippen molar-refractivity contribution in [1.29, 1.82) is 0 Å². The summed E-state index contributed by atoms with van der Waals surface area (Å²) in [7, 11) is 0. The summed E-state index contributed by atoms with van der Waals surface area (Å²) in [6.07, 6.45) is 0. The van der Waals surface area contributed by atoms with Gasteiger partial charge in [-0.25, -0.2) is 4.98 Å². The first-order valence-electron chi connectivity index (χ1n) is 4.64. The predicted octanol–water partition coefficient (Wildman–Crippen LogP) is 1.63. The quantitative estimate of drug-likeness (QED) is 0.776. The topological polar surface area (TPSA) is 74.9 Å². The molecule has 1 unspecified atom stereocenters. The molecule has 1 aromatic carbocycles. The van der Waals surface area contributed by atoms with Crippen LogP contribution in [0.15, 0.2) is 16.6 Å². The third kappa shape index (κ3) is 1.90. The molecule has 15 heavy (non-hydrogen) atoms. The van der Waals surface area contributed by atoms with E-state index in [2.05, 4.69) is 25.9 Å². The van der Waals surface area contributed by atoms with Crippen molar-refractivity contribution in [3.8, 4) is 0 Å². The second-order valence-electron chi connectivity index (χ2n) is 3.53. The summed E-state index contributed by atoms with van der Waals surface area (Å²) in [5.41, 5.74) is 8.60. The number of nitrogens with zero attached hydrogens (tertiary/aromatic N) is 1. The largest absolute Gasteiger partial charge is 0.394 e. The zero-order chi connectivity index (χ0) is 11.0. The van der Waals surface area contributed by atoms with Gasteiger partial charge in [-0.1, -0.05) is 15.9 Å². The van der Waals surface area contributed by atoms with E-state index in [4.69, 9.17) is 10.8 Å². The lowest BCUT2D eigenvalue weighted by atomic mass is 10.2. The van der Waals surface area contributed by atoms with Crippen LogP contribution in [-0.4, -0.2) is 21.7 Å². The fourth-order valence-corrected chi connectivity index (χ4v) is 2.10. The number of nitrogens with one attached hydrogen (secondary N) is 1. The number of benzene rings is 1. The van der Waals surface area contributed by atoms with E-state index in [1.54, 1.807) is 0 Å². The third-order valence-electron chi connectivity index (χ3n) is 2.31. The van der Waals surface area contributed by atoms with Gasteiger partial charge in [0.2, 0.25) is 0 Å². The van der Waals surface area contributed by atoms with E-state index < -0.39 is 6.04 Å². The van der Waals surface area contributed by atoms with Gasteiger partial charge in [0, 0.05) is 4.47 Å². The van der Waals surface area contributed by atoms with Crippen molar-refractivity contribution < 1.29 is 5.11 Å². The molecule has 0 amide bonds. The van der Waals surface area contributed by atoms with Crippen LogP contribution in [0.3, 0.4) is 0 Å². The number of aryl methyl sites for hydroxylation is 1. The number of aromatic amines is 1. The van der Waals surface area contributed by atoms with Crippen LogP contribution in [0.2, 0.25) is 0 Å². The number of rotatable bonds is 2. The van der Waals surface area contributed by atoms with Gasteiger partial charge in [-0.15, -0.1) is 0 Å². The number of H-pyrrole nitrogens is 1. The fraction of sp³-hybridized carbons (Fsp3) is 0.300. The summed E-state index contributed by atoms with van der Waals surface area (Å²) in [6, 6.07) is 3.50. The molecule has 2 rings (SSSR count). The van der Waals surface area contributed by atoms with Crippen LogP contribution in [0.25, 0.3) is 11.0 Å². The molecule has 1 atom stereocenters. The first kappa shape index (κ1) is 10.6. The first-order chi connectivity index (χ1) is 7.11. The molecule has 0 spiro atoms. The summed E-state index contributed by atoms with van der Waals surface area (Å²) in [5, 5.41) is 8.94. The van der Waals surface area contributed by atoms with Crippen molar-refractivity contribution in [2.75, 3.05) is 6.61 Å². The minimum Gasteiger partial charge on any atom is -0.394 e. The molecule has 4 nitrogen and oxygen atoms in total. The summed E-state index contributed by atoms with van der Waals surface area (Å²) in [6.45, 7) is 1.88. The van der Waals surface area contributed by atoms with Crippen molar-refractivity contribution in [2.24, 2.45) is 5.73 Å². The lowest BCUT2D eigenvalue weighted by Crippen LogP contribution is -2.15. The van der Waals surface area contributed by atoms with Crippen molar-refractivity contribution in [2.45, 2.75) is 13.0 Å². The number of imidazole rings is 1. The molecule has 0 saturated carbocycles. The van der Waals surface area contributed by atoms with Gasteiger partial charge < -0.3 is 15.8 Å². The monoisotopic (exact) mass is 269 g/mol. The number of hydrogen-bond acceptors (Lipinski definition) is 3. The summed E-state index contributed by atoms with van der Waals surface area (Å²) in [4.78, 5) is 7.46. The highest BCUT2D eigenvalue weighted by Gasteiger charge is 2.11. The van der Waals surface area contributed by atoms with Gasteiger partial charge in [-0.3, -0.25) is 0 Å². The van der Waals surface area contributed by atoms with E-state index in [0.717, 1.165) is 21.1 Å². The molecule has 0 aliphatic heterocycles. The Labute approximate surface area is 95.6 Å². The van der Waals surface area contributed by atoms with Crippen molar-refractivity contribution in [1.82, 2.24) is 9.97 Å². The van der Waals surface area contributed by atoms with E-state index in [1.165, 1.54) is 0 Å². The van der Waals surface area contributed by atoms with Gasteiger partial charge in [0.25, 0.3) is 0 Å². The molecule has 4 N–H and O–H groups in total. The molecular formula is C10H12BrN3O. The van der Waals surface area contributed by atoms with Crippen LogP contribution < -0.4 is 5.73 Å². The van der Waals surface area contributed by atoms with E-state index in [-0.39, 0.29) is 6.61 Å². The Morgan fingerprint density at radius 1 is 1.60 bits per heavy atom. The summed E-state index contributed by atoms with van der Waals surface area (Å²) < 4.78 is 1.00. The second kappa shape index (κ2) is 3.92. The number of aliphatic hydroxyl groups excluding tert-OH is 1. The Balaban J connectivity index is 2.60. The van der Waals surface area contributed by atoms with E-state index in [1.807, 2.05) is 19.1 Å². The van der Waals surface area contributed by atoms with Crippen LogP contribution in [-0.2, 0) is 0 Å². The number of aromatic nitrogens is 2. The summed E-state index contributed by atoms with van der Waals surface area (Å²) >= 11 is 3.42. The van der Waals surface area contributed by atoms with Crippen molar-refractivity contribution in [3.05, 3.63) is 28.0 Å². The average molecular weight is 270 g/mol. The molecule has 1 heterocycles. The van der Waals surface area contributed by atoms with Crippen LogP contribution in [0, 0.1) is 6.92 Å². The minimum absolute atomic E-state index is 0.111. The minimum atomic E-state index is -0.449. The van der Waals surface area contributed by atoms with E-state index in [0.29, 0.717) is 5.82 Å². The van der Waals surface area contributed by atoms with E-state index >= 15 is 0 Å². The lowest BCUT2D eigenvalue weighted by Gasteiger charge is -2.01. The van der Waals surface area contributed by atoms with Crippen LogP contribution in [0.1, 0.15) is 17.4 Å². The van der Waals surface area contributed by atoms with Crippen LogP contribution in [0.4, 0.5) is 0 Å². The van der Waals surface area contributed by atoms with Gasteiger partial charge in [-0.2, -0.15) is 0 Å². The fourth-order valence-electron chi connectivity index (χ4n) is 1.53. The molecule has 0 radical (unpaired) electrons. The van der Waals surface area contributed by atoms with E-state index in [9.17, 15) is 0 Å². The number of nitrogens with two attached hydrogens (primary N) is 1. The smallest absolute Gasteiger partial charge is 0.126 e. The maximum atomic E-state index is 8.94. The second-order valence-corrected chi connectivity index (χ2v) is 4.45. The number of fused-ring (bicyclic) bond motifs is 1. The van der Waals surface area contributed by atoms with Crippen LogP contribution >= 0.6 is 15.9 Å². The standard InChI is InChI=1S/C10H12BrN3O/c1-5-2-6(11)3-8-9(5)14-10(13-8)7(12)4-15/h2-3,7,15H,4,12H2,1H3,(H,13,14).